The van der Waals surface area contributed by atoms with Crippen LogP contribution in [0.15, 0.2) is 97.3 Å². The first-order valence-electron chi connectivity index (χ1n) is 25.6. The molecule has 4 bridgehead atoms. The van der Waals surface area contributed by atoms with Crippen LogP contribution in [0.25, 0.3) is 22.5 Å². The zero-order valence-corrected chi connectivity index (χ0v) is 45.2. The molecule has 424 valence electrons. The minimum Gasteiger partial charge on any atom is -0.491 e. The number of nitrogens with one attached hydrogen (secondary N) is 2. The highest BCUT2D eigenvalue weighted by atomic mass is 35.5. The predicted molar refractivity (Wildman–Crippen MR) is 289 cm³/mol. The fourth-order valence-corrected chi connectivity index (χ4v) is 10.5. The van der Waals surface area contributed by atoms with Crippen molar-refractivity contribution in [3.63, 3.8) is 0 Å². The van der Waals surface area contributed by atoms with Crippen LogP contribution in [0.4, 0.5) is 65.8 Å². The van der Waals surface area contributed by atoms with Gasteiger partial charge in [-0.25, -0.2) is 24.7 Å². The van der Waals surface area contributed by atoms with Gasteiger partial charge in [0.05, 0.1) is 63.2 Å². The summed E-state index contributed by atoms with van der Waals surface area (Å²) in [7, 11) is 0. The van der Waals surface area contributed by atoms with Gasteiger partial charge in [0.1, 0.15) is 48.6 Å². The molecule has 0 unspecified atom stereocenters. The van der Waals surface area contributed by atoms with Crippen LogP contribution in [0.2, 0.25) is 10.0 Å². The number of hydrogen-bond acceptors (Lipinski definition) is 15. The normalized spacial score (nSPS) is 21.1. The molecule has 6 aromatic rings. The number of pyridine rings is 4. The molecule has 0 aliphatic carbocycles. The van der Waals surface area contributed by atoms with E-state index in [1.807, 2.05) is 27.7 Å². The summed E-state index contributed by atoms with van der Waals surface area (Å²) >= 11 is 12.8. The summed E-state index contributed by atoms with van der Waals surface area (Å²) in [5.74, 6) is 1.74. The largest absolute Gasteiger partial charge is 0.491 e. The van der Waals surface area contributed by atoms with Crippen molar-refractivity contribution in [3.05, 3.63) is 118 Å². The Balaban J connectivity index is 0.000000154. The third-order valence-corrected chi connectivity index (χ3v) is 14.3. The highest BCUT2D eigenvalue weighted by molar-refractivity contribution is 6.34. The van der Waals surface area contributed by atoms with Gasteiger partial charge in [0.25, 0.3) is 0 Å². The number of rotatable bonds is 9. The molecule has 12 rings (SSSR count). The fourth-order valence-electron chi connectivity index (χ4n) is 10.0. The number of hydrogen-bond donors (Lipinski definition) is 3. The van der Waals surface area contributed by atoms with Crippen molar-refractivity contribution in [2.75, 3.05) is 83.7 Å². The zero-order chi connectivity index (χ0) is 56.7. The number of urea groups is 1. The second-order valence-corrected chi connectivity index (χ2v) is 21.4. The Morgan fingerprint density at radius 3 is 1.85 bits per heavy atom. The Morgan fingerprint density at radius 2 is 1.27 bits per heavy atom. The van der Waals surface area contributed by atoms with E-state index in [4.69, 9.17) is 57.4 Å². The van der Waals surface area contributed by atoms with E-state index in [1.165, 1.54) is 29.3 Å². The summed E-state index contributed by atoms with van der Waals surface area (Å²) in [6, 6.07) is 19.7. The summed E-state index contributed by atoms with van der Waals surface area (Å²) in [6.07, 6.45) is -4.33. The molecule has 17 nitrogen and oxygen atoms in total. The fraction of sp³-hybridized carbons (Fsp3) is 0.400. The Morgan fingerprint density at radius 1 is 0.725 bits per heavy atom. The lowest BCUT2D eigenvalue weighted by atomic mass is 10.1. The summed E-state index contributed by atoms with van der Waals surface area (Å²) in [5, 5.41) is 6.71. The van der Waals surface area contributed by atoms with Crippen LogP contribution >= 0.6 is 23.2 Å². The van der Waals surface area contributed by atoms with E-state index in [2.05, 4.69) is 40.4 Å². The van der Waals surface area contributed by atoms with Gasteiger partial charge in [-0.05, 0) is 89.1 Å². The number of halogens is 8. The molecule has 2 aromatic carbocycles. The van der Waals surface area contributed by atoms with Crippen LogP contribution in [0, 0.1) is 0 Å². The van der Waals surface area contributed by atoms with Crippen molar-refractivity contribution in [2.24, 2.45) is 0 Å². The number of alkyl halides is 6. The van der Waals surface area contributed by atoms with Crippen LogP contribution in [0.5, 0.6) is 11.5 Å². The maximum atomic E-state index is 13.6. The Labute approximate surface area is 466 Å². The van der Waals surface area contributed by atoms with Crippen LogP contribution in [-0.2, 0) is 31.3 Å². The predicted octanol–water partition coefficient (Wildman–Crippen LogP) is 11.6. The molecule has 2 amide bonds. The molecule has 25 heteroatoms. The number of benzene rings is 2. The molecular weight excluding hydrogens is 1100 g/mol. The summed E-state index contributed by atoms with van der Waals surface area (Å²) < 4.78 is 113. The van der Waals surface area contributed by atoms with Gasteiger partial charge in [-0.2, -0.15) is 26.3 Å². The quantitative estimate of drug-likeness (QED) is 0.116. The van der Waals surface area contributed by atoms with E-state index < -0.39 is 41.1 Å². The van der Waals surface area contributed by atoms with Gasteiger partial charge >= 0.3 is 18.4 Å². The monoisotopic (exact) mass is 1150 g/mol. The molecule has 0 spiro atoms. The second kappa shape index (κ2) is 22.6. The summed E-state index contributed by atoms with van der Waals surface area (Å²) in [6.45, 7) is 12.2. The van der Waals surface area contributed by atoms with Crippen molar-refractivity contribution in [1.29, 1.82) is 0 Å². The number of carbonyl (C=O) groups is 1. The number of nitrogens with zero attached hydrogens (tertiary/aromatic N) is 7. The number of anilines is 6. The standard InChI is InChI=1S/C28H27ClF3N5O4.C16H13ClF3N3.C11H16N2O3/c1-27(2)40-15-20(41-27)14-39-19-6-8-33-23(11-19)34-26(38)37-18-7-9-36(13-18)22-12-21(29)24(35-25(22)37)16-4-3-5-17(10-16)28(30,31)32;17-12-7-13-15(21-11-4-5-23(13)8-11)22-14(12)9-2-1-3-10(6-9)16(18,19)20;1-11(2)15-7-9(16-11)6-14-8-3-4-13-10(12)5-8/h3-6,8,10-12,18,20H,7,9,13-15H2,1-2H3,(H,33,34,38);1-3,6-7,11H,4-5,8H2,(H,21,22);3-5,9H,6-7H2,1-2H3,(H2,12,13)/t18-,20+;11-;9-/m001/s1. The van der Waals surface area contributed by atoms with Crippen LogP contribution in [0.1, 0.15) is 51.7 Å². The molecule has 4 saturated heterocycles. The third kappa shape index (κ3) is 13.1. The molecule has 0 radical (unpaired) electrons. The van der Waals surface area contributed by atoms with E-state index >= 15 is 0 Å². The van der Waals surface area contributed by atoms with E-state index in [0.29, 0.717) is 96.3 Å². The molecule has 4 fully saturated rings. The van der Waals surface area contributed by atoms with Gasteiger partial charge in [-0.15, -0.1) is 0 Å². The van der Waals surface area contributed by atoms with Crippen LogP contribution in [-0.4, -0.2) is 114 Å². The first kappa shape index (κ1) is 56.4. The lowest BCUT2D eigenvalue weighted by Crippen LogP contribution is -2.48. The van der Waals surface area contributed by atoms with Gasteiger partial charge in [-0.1, -0.05) is 47.5 Å². The molecule has 0 saturated carbocycles. The average molecular weight is 1150 g/mol. The number of fused-ring (bicyclic) bond motifs is 8. The van der Waals surface area contributed by atoms with Crippen molar-refractivity contribution < 1.29 is 59.6 Å². The Kier molecular flexibility index (Phi) is 15.9. The number of carbonyl (C=O) groups excluding carboxylic acids is 1. The first-order valence-corrected chi connectivity index (χ1v) is 26.4. The number of amides is 2. The van der Waals surface area contributed by atoms with E-state index in [0.717, 1.165) is 49.5 Å². The molecule has 6 aliphatic heterocycles. The van der Waals surface area contributed by atoms with Gasteiger partial charge < -0.3 is 49.3 Å². The first-order chi connectivity index (χ1) is 37.9. The lowest BCUT2D eigenvalue weighted by molar-refractivity contribution is -0.141. The molecule has 4 aromatic heterocycles. The van der Waals surface area contributed by atoms with Crippen molar-refractivity contribution in [2.45, 2.75) is 88.8 Å². The van der Waals surface area contributed by atoms with E-state index in [1.54, 1.807) is 48.7 Å². The molecule has 6 aliphatic rings. The summed E-state index contributed by atoms with van der Waals surface area (Å²) in [4.78, 5) is 36.7. The Hall–Kier alpha value is -6.89. The topological polar surface area (TPSA) is 184 Å². The van der Waals surface area contributed by atoms with Crippen molar-refractivity contribution >= 4 is 63.9 Å². The maximum Gasteiger partial charge on any atom is 0.416 e. The van der Waals surface area contributed by atoms with Gasteiger partial charge in [0, 0.05) is 67.9 Å². The smallest absolute Gasteiger partial charge is 0.416 e. The molecular formula is C55H56Cl2F6N10O7. The molecule has 4 atom stereocenters. The summed E-state index contributed by atoms with van der Waals surface area (Å²) in [5.41, 5.74) is 6.67. The van der Waals surface area contributed by atoms with Crippen LogP contribution in [0.3, 0.4) is 0 Å². The minimum absolute atomic E-state index is 0.0376. The molecule has 80 heavy (non-hydrogen) atoms. The lowest BCUT2D eigenvalue weighted by Gasteiger charge is -2.36. The van der Waals surface area contributed by atoms with Gasteiger partial charge in [-0.3, -0.25) is 10.2 Å². The molecule has 4 N–H and O–H groups in total. The SMILES string of the molecule is CC1(C)OC[C@@H](COc2ccnc(N)c2)O1.CC1(C)OC[C@@H](COc2ccnc(NC(=O)N3c4nc(-c5cccc(C(F)(F)F)c5)c(Cl)cc4N4CC[C@H]3C4)c2)O1.FC(F)(F)c1cccc(-c2nc3c(cc2Cl)N2CC[C@@H](C2)N3)c1. The number of ether oxygens (including phenoxy) is 6. The zero-order valence-electron chi connectivity index (χ0n) is 43.7. The number of nitrogens with two attached hydrogens (primary N) is 1. The Bertz CT molecular complexity index is 3250. The minimum atomic E-state index is -4.52. The average Bonchev–Trinajstić information content (AvgIpc) is 4.25. The maximum absolute atomic E-state index is 13.6. The van der Waals surface area contributed by atoms with Crippen LogP contribution < -0.4 is 40.5 Å². The number of aromatic nitrogens is 4. The van der Waals surface area contributed by atoms with E-state index in [-0.39, 0.29) is 47.0 Å². The highest BCUT2D eigenvalue weighted by Gasteiger charge is 2.42. The van der Waals surface area contributed by atoms with Crippen molar-refractivity contribution in [1.82, 2.24) is 19.9 Å². The van der Waals surface area contributed by atoms with E-state index in [9.17, 15) is 31.1 Å². The van der Waals surface area contributed by atoms with Gasteiger partial charge in [0.2, 0.25) is 0 Å². The van der Waals surface area contributed by atoms with Crippen molar-refractivity contribution in [3.8, 4) is 34.0 Å². The highest BCUT2D eigenvalue weighted by Crippen LogP contribution is 2.45. The van der Waals surface area contributed by atoms with Gasteiger partial charge in [0.15, 0.2) is 23.2 Å². The molecule has 10 heterocycles. The second-order valence-electron chi connectivity index (χ2n) is 20.6. The number of nitrogen functional groups attached to an aromatic ring is 1. The third-order valence-electron chi connectivity index (χ3n) is 13.7.